The van der Waals surface area contributed by atoms with Crippen molar-refractivity contribution in [1.29, 1.82) is 0 Å². The molecule has 3 aromatic rings. The Hall–Kier alpha value is -2.56. The molecule has 5 nitrogen and oxygen atoms in total. The van der Waals surface area contributed by atoms with Crippen LogP contribution in [0.25, 0.3) is 21.9 Å². The second-order valence-corrected chi connectivity index (χ2v) is 5.26. The zero-order valence-electron chi connectivity index (χ0n) is 12.0. The Morgan fingerprint density at radius 2 is 1.95 bits per heavy atom. The molecule has 1 heterocycles. The molecule has 5 heteroatoms. The Bertz CT molecular complexity index is 848. The minimum atomic E-state index is -0.364. The fraction of sp³-hybridized carbons (Fsp3) is 0.250. The van der Waals surface area contributed by atoms with Gasteiger partial charge in [0.1, 0.15) is 11.3 Å². The third-order valence-electron chi connectivity index (χ3n) is 3.66. The topological polar surface area (TPSA) is 65.5 Å². The van der Waals surface area contributed by atoms with Crippen molar-refractivity contribution >= 4 is 27.6 Å². The first-order valence-corrected chi connectivity index (χ1v) is 6.70. The van der Waals surface area contributed by atoms with E-state index in [1.165, 1.54) is 0 Å². The maximum absolute atomic E-state index is 11.5. The number of furan rings is 1. The Morgan fingerprint density at radius 3 is 2.57 bits per heavy atom. The van der Waals surface area contributed by atoms with E-state index >= 15 is 0 Å². The highest BCUT2D eigenvalue weighted by Crippen LogP contribution is 2.40. The van der Waals surface area contributed by atoms with Crippen LogP contribution in [0.2, 0.25) is 0 Å². The van der Waals surface area contributed by atoms with Crippen LogP contribution in [0.1, 0.15) is 25.3 Å². The van der Waals surface area contributed by atoms with Gasteiger partial charge in [0.25, 0.3) is 0 Å². The molecule has 0 N–H and O–H groups in total. The van der Waals surface area contributed by atoms with E-state index in [1.54, 1.807) is 25.3 Å². The third kappa shape index (κ3) is 2.01. The van der Waals surface area contributed by atoms with Crippen molar-refractivity contribution in [3.05, 3.63) is 46.0 Å². The van der Waals surface area contributed by atoms with Crippen molar-refractivity contribution in [3.8, 4) is 5.75 Å². The highest BCUT2D eigenvalue weighted by molar-refractivity contribution is 6.08. The average molecular weight is 285 g/mol. The van der Waals surface area contributed by atoms with Crippen LogP contribution in [-0.4, -0.2) is 12.0 Å². The van der Waals surface area contributed by atoms with Crippen LogP contribution in [0.5, 0.6) is 5.75 Å². The van der Waals surface area contributed by atoms with Gasteiger partial charge in [0.2, 0.25) is 5.58 Å². The highest BCUT2D eigenvalue weighted by Gasteiger charge is 2.25. The van der Waals surface area contributed by atoms with Crippen LogP contribution in [0.3, 0.4) is 0 Å². The Morgan fingerprint density at radius 1 is 1.19 bits per heavy atom. The molecule has 3 rings (SSSR count). The maximum Gasteiger partial charge on any atom is 0.315 e. The maximum atomic E-state index is 11.5. The second-order valence-electron chi connectivity index (χ2n) is 5.26. The van der Waals surface area contributed by atoms with Crippen LogP contribution in [0, 0.1) is 10.1 Å². The predicted molar refractivity (Wildman–Crippen MR) is 81.0 cm³/mol. The summed E-state index contributed by atoms with van der Waals surface area (Å²) in [7, 11) is 1.59. The normalized spacial score (nSPS) is 11.4. The summed E-state index contributed by atoms with van der Waals surface area (Å²) in [5.74, 6) is 0.748. The number of benzene rings is 2. The first-order chi connectivity index (χ1) is 10.0. The molecule has 0 bridgehead atoms. The molecule has 0 aliphatic carbocycles. The molecule has 21 heavy (non-hydrogen) atoms. The largest absolute Gasteiger partial charge is 0.497 e. The third-order valence-corrected chi connectivity index (χ3v) is 3.66. The van der Waals surface area contributed by atoms with Crippen molar-refractivity contribution in [2.45, 2.75) is 19.8 Å². The van der Waals surface area contributed by atoms with Crippen molar-refractivity contribution in [1.82, 2.24) is 0 Å². The second kappa shape index (κ2) is 4.77. The summed E-state index contributed by atoms with van der Waals surface area (Å²) in [6.07, 6.45) is 0. The van der Waals surface area contributed by atoms with Gasteiger partial charge in [-0.1, -0.05) is 19.9 Å². The molecule has 0 fully saturated rings. The average Bonchev–Trinajstić information content (AvgIpc) is 2.83. The molecule has 0 amide bonds. The molecule has 0 unspecified atom stereocenters. The summed E-state index contributed by atoms with van der Waals surface area (Å²) in [5.41, 5.74) is 1.68. The number of methoxy groups -OCH3 is 1. The number of fused-ring (bicyclic) bond motifs is 3. The van der Waals surface area contributed by atoms with Gasteiger partial charge in [-0.15, -0.1) is 0 Å². The van der Waals surface area contributed by atoms with Crippen molar-refractivity contribution < 1.29 is 14.1 Å². The number of nitro benzene ring substituents is 1. The van der Waals surface area contributed by atoms with Crippen LogP contribution >= 0.6 is 0 Å². The van der Waals surface area contributed by atoms with E-state index in [-0.39, 0.29) is 16.5 Å². The van der Waals surface area contributed by atoms with E-state index in [1.807, 2.05) is 26.0 Å². The molecule has 0 aliphatic rings. The SMILES string of the molecule is COc1ccc2oc3c([N+](=O)[O-])c(C(C)C)ccc3c2c1. The predicted octanol–water partition coefficient (Wildman–Crippen LogP) is 4.63. The molecule has 108 valence electrons. The molecule has 0 saturated carbocycles. The van der Waals surface area contributed by atoms with Crippen LogP contribution in [0.15, 0.2) is 34.7 Å². The van der Waals surface area contributed by atoms with Crippen molar-refractivity contribution in [3.63, 3.8) is 0 Å². The lowest BCUT2D eigenvalue weighted by Gasteiger charge is -2.06. The fourth-order valence-corrected chi connectivity index (χ4v) is 2.60. The summed E-state index contributed by atoms with van der Waals surface area (Å²) < 4.78 is 10.9. The molecular formula is C16H15NO4. The number of hydrogen-bond donors (Lipinski definition) is 0. The van der Waals surface area contributed by atoms with Crippen molar-refractivity contribution in [2.75, 3.05) is 7.11 Å². The van der Waals surface area contributed by atoms with Gasteiger partial charge in [-0.2, -0.15) is 0 Å². The molecule has 2 aromatic carbocycles. The summed E-state index contributed by atoms with van der Waals surface area (Å²) in [4.78, 5) is 11.1. The number of hydrogen-bond acceptors (Lipinski definition) is 4. The molecule has 0 atom stereocenters. The lowest BCUT2D eigenvalue weighted by Crippen LogP contribution is -1.97. The van der Waals surface area contributed by atoms with Crippen LogP contribution < -0.4 is 4.74 Å². The van der Waals surface area contributed by atoms with E-state index < -0.39 is 0 Å². The summed E-state index contributed by atoms with van der Waals surface area (Å²) in [6, 6.07) is 9.06. The smallest absolute Gasteiger partial charge is 0.315 e. The standard InChI is InChI=1S/C16H15NO4/c1-9(2)11-5-6-12-13-8-10(20-3)4-7-14(13)21-16(12)15(11)17(18)19/h4-9H,1-3H3. The fourth-order valence-electron chi connectivity index (χ4n) is 2.60. The van der Waals surface area contributed by atoms with E-state index in [0.29, 0.717) is 22.5 Å². The van der Waals surface area contributed by atoms with Gasteiger partial charge in [-0.25, -0.2) is 0 Å². The monoisotopic (exact) mass is 285 g/mol. The van der Waals surface area contributed by atoms with E-state index in [2.05, 4.69) is 0 Å². The van der Waals surface area contributed by atoms with Gasteiger partial charge in [0.15, 0.2) is 0 Å². The number of nitrogens with zero attached hydrogens (tertiary/aromatic N) is 1. The minimum absolute atomic E-state index is 0.0533. The van der Waals surface area contributed by atoms with E-state index in [0.717, 1.165) is 10.8 Å². The van der Waals surface area contributed by atoms with Gasteiger partial charge >= 0.3 is 5.69 Å². The van der Waals surface area contributed by atoms with Crippen LogP contribution in [-0.2, 0) is 0 Å². The molecule has 0 radical (unpaired) electrons. The van der Waals surface area contributed by atoms with E-state index in [4.69, 9.17) is 9.15 Å². The number of ether oxygens (including phenoxy) is 1. The molecule has 0 spiro atoms. The lowest BCUT2D eigenvalue weighted by molar-refractivity contribution is -0.384. The zero-order chi connectivity index (χ0) is 15.1. The van der Waals surface area contributed by atoms with Gasteiger partial charge < -0.3 is 9.15 Å². The zero-order valence-corrected chi connectivity index (χ0v) is 12.0. The molecule has 0 saturated heterocycles. The van der Waals surface area contributed by atoms with E-state index in [9.17, 15) is 10.1 Å². The van der Waals surface area contributed by atoms with Crippen LogP contribution in [0.4, 0.5) is 5.69 Å². The number of nitro groups is 1. The Balaban J connectivity index is 2.43. The highest BCUT2D eigenvalue weighted by atomic mass is 16.6. The van der Waals surface area contributed by atoms with Crippen molar-refractivity contribution in [2.24, 2.45) is 0 Å². The summed E-state index contributed by atoms with van der Waals surface area (Å²) >= 11 is 0. The minimum Gasteiger partial charge on any atom is -0.497 e. The van der Waals surface area contributed by atoms with Gasteiger partial charge in [0, 0.05) is 16.3 Å². The van der Waals surface area contributed by atoms with Gasteiger partial charge in [-0.05, 0) is 30.2 Å². The first kappa shape index (κ1) is 13.4. The first-order valence-electron chi connectivity index (χ1n) is 6.70. The summed E-state index contributed by atoms with van der Waals surface area (Å²) in [5, 5.41) is 13.0. The summed E-state index contributed by atoms with van der Waals surface area (Å²) in [6.45, 7) is 3.86. The van der Waals surface area contributed by atoms with Gasteiger partial charge in [-0.3, -0.25) is 10.1 Å². The Labute approximate surface area is 121 Å². The molecule has 1 aromatic heterocycles. The number of rotatable bonds is 3. The lowest BCUT2D eigenvalue weighted by atomic mass is 9.99. The molecule has 0 aliphatic heterocycles. The quantitative estimate of drug-likeness (QED) is 0.520. The van der Waals surface area contributed by atoms with Gasteiger partial charge in [0.05, 0.1) is 12.0 Å². The molecular weight excluding hydrogens is 270 g/mol. The Kier molecular flexibility index (Phi) is 3.05.